The Kier molecular flexibility index (Phi) is 7.36. The van der Waals surface area contributed by atoms with Crippen LogP contribution in [-0.2, 0) is 17.8 Å². The lowest BCUT2D eigenvalue weighted by Gasteiger charge is -2.27. The van der Waals surface area contributed by atoms with Crippen LogP contribution < -0.4 is 5.32 Å². The Morgan fingerprint density at radius 2 is 1.47 bits per heavy atom. The van der Waals surface area contributed by atoms with Gasteiger partial charge in [0.05, 0.1) is 17.9 Å². The molecule has 0 atom stereocenters. The number of aromatic nitrogens is 2. The number of halogens is 1. The fraction of sp³-hybridized carbons (Fsp3) is 0.179. The highest BCUT2D eigenvalue weighted by molar-refractivity contribution is 5.91. The van der Waals surface area contributed by atoms with E-state index in [0.717, 1.165) is 42.0 Å². The van der Waals surface area contributed by atoms with Crippen molar-refractivity contribution >= 4 is 24.3 Å². The second kappa shape index (κ2) is 10.6. The molecule has 34 heavy (non-hydrogen) atoms. The lowest BCUT2D eigenvalue weighted by atomic mass is 10.00. The average molecular weight is 471 g/mol. The Bertz CT molecular complexity index is 1280. The minimum Gasteiger partial charge on any atom is -0.293 e. The number of carbonyl (C=O) groups excluding carboxylic acids is 1. The number of nitrogens with one attached hydrogen (secondary N) is 1. The molecule has 5 rings (SSSR count). The van der Waals surface area contributed by atoms with E-state index in [4.69, 9.17) is 0 Å². The number of fused-ring (bicyclic) bond motifs is 1. The van der Waals surface area contributed by atoms with Gasteiger partial charge in [0.15, 0.2) is 0 Å². The second-order valence-corrected chi connectivity index (χ2v) is 8.47. The lowest BCUT2D eigenvalue weighted by molar-refractivity contribution is -0.117. The van der Waals surface area contributed by atoms with Crippen LogP contribution >= 0.6 is 12.4 Å². The summed E-state index contributed by atoms with van der Waals surface area (Å²) in [5.74, 6) is 0.226. The van der Waals surface area contributed by atoms with Crippen LogP contribution in [0.15, 0.2) is 84.9 Å². The third kappa shape index (κ3) is 5.50. The molecule has 0 unspecified atom stereocenters. The number of carbonyl (C=O) groups is 1. The van der Waals surface area contributed by atoms with Gasteiger partial charge in [-0.1, -0.05) is 84.4 Å². The van der Waals surface area contributed by atoms with Gasteiger partial charge in [0.1, 0.15) is 0 Å². The number of rotatable bonds is 5. The molecule has 0 saturated carbocycles. The fourth-order valence-corrected chi connectivity index (χ4v) is 4.19. The number of aryl methyl sites for hydroxylation is 1. The zero-order valence-electron chi connectivity index (χ0n) is 19.1. The highest BCUT2D eigenvalue weighted by Gasteiger charge is 2.19. The molecule has 5 nitrogen and oxygen atoms in total. The predicted molar refractivity (Wildman–Crippen MR) is 139 cm³/mol. The summed E-state index contributed by atoms with van der Waals surface area (Å²) in [5, 5.41) is 2.94. The Balaban J connectivity index is 0.00000274. The van der Waals surface area contributed by atoms with Crippen molar-refractivity contribution in [2.75, 3.05) is 18.4 Å². The lowest BCUT2D eigenvalue weighted by Crippen LogP contribution is -2.37. The first-order valence-corrected chi connectivity index (χ1v) is 11.2. The van der Waals surface area contributed by atoms with Gasteiger partial charge in [-0.15, -0.1) is 12.4 Å². The predicted octanol–water partition coefficient (Wildman–Crippen LogP) is 5.54. The van der Waals surface area contributed by atoms with E-state index >= 15 is 0 Å². The summed E-state index contributed by atoms with van der Waals surface area (Å²) in [7, 11) is 0. The first kappa shape index (κ1) is 23.6. The fourth-order valence-electron chi connectivity index (χ4n) is 4.19. The topological polar surface area (TPSA) is 58.1 Å². The monoisotopic (exact) mass is 470 g/mol. The minimum atomic E-state index is -0.102. The third-order valence-corrected chi connectivity index (χ3v) is 5.97. The SMILES string of the molecule is Cc1ccc(-c2cc(-c3ccccc3)nc(NC(=O)CN3CCc4ccccc4C3)n2)cc1.Cl. The van der Waals surface area contributed by atoms with Gasteiger partial charge in [0.2, 0.25) is 11.9 Å². The van der Waals surface area contributed by atoms with Crippen LogP contribution in [0.25, 0.3) is 22.5 Å². The molecule has 0 aliphatic carbocycles. The largest absolute Gasteiger partial charge is 0.293 e. The van der Waals surface area contributed by atoms with Crippen LogP contribution in [-0.4, -0.2) is 33.9 Å². The number of anilines is 1. The summed E-state index contributed by atoms with van der Waals surface area (Å²) in [4.78, 5) is 24.4. The van der Waals surface area contributed by atoms with E-state index in [-0.39, 0.29) is 18.3 Å². The van der Waals surface area contributed by atoms with Crippen LogP contribution in [0, 0.1) is 6.92 Å². The summed E-state index contributed by atoms with van der Waals surface area (Å²) < 4.78 is 0. The van der Waals surface area contributed by atoms with Crippen molar-refractivity contribution in [2.24, 2.45) is 0 Å². The van der Waals surface area contributed by atoms with Gasteiger partial charge in [0, 0.05) is 24.2 Å². The summed E-state index contributed by atoms with van der Waals surface area (Å²) in [6, 6.07) is 28.6. The van der Waals surface area contributed by atoms with Crippen molar-refractivity contribution in [3.8, 4) is 22.5 Å². The normalized spacial score (nSPS) is 13.0. The molecule has 0 spiro atoms. The van der Waals surface area contributed by atoms with E-state index in [9.17, 15) is 4.79 Å². The van der Waals surface area contributed by atoms with Crippen molar-refractivity contribution in [2.45, 2.75) is 19.9 Å². The van der Waals surface area contributed by atoms with Crippen molar-refractivity contribution in [3.63, 3.8) is 0 Å². The summed E-state index contributed by atoms with van der Waals surface area (Å²) in [6.45, 7) is 4.02. The molecule has 6 heteroatoms. The summed E-state index contributed by atoms with van der Waals surface area (Å²) in [5.41, 5.74) is 7.39. The quantitative estimate of drug-likeness (QED) is 0.416. The minimum absolute atomic E-state index is 0. The van der Waals surface area contributed by atoms with Gasteiger partial charge in [-0.2, -0.15) is 0 Å². The number of amides is 1. The van der Waals surface area contributed by atoms with Gasteiger partial charge < -0.3 is 0 Å². The van der Waals surface area contributed by atoms with Crippen LogP contribution in [0.2, 0.25) is 0 Å². The van der Waals surface area contributed by atoms with E-state index < -0.39 is 0 Å². The molecule has 1 aliphatic rings. The molecule has 0 bridgehead atoms. The van der Waals surface area contributed by atoms with Gasteiger partial charge in [0.25, 0.3) is 0 Å². The molecule has 0 fully saturated rings. The van der Waals surface area contributed by atoms with Crippen molar-refractivity contribution in [1.29, 1.82) is 0 Å². The molecule has 1 aliphatic heterocycles. The van der Waals surface area contributed by atoms with E-state index in [2.05, 4.69) is 63.5 Å². The summed E-state index contributed by atoms with van der Waals surface area (Å²) >= 11 is 0. The molecule has 1 N–H and O–H groups in total. The summed E-state index contributed by atoms with van der Waals surface area (Å²) in [6.07, 6.45) is 0.959. The highest BCUT2D eigenvalue weighted by atomic mass is 35.5. The van der Waals surface area contributed by atoms with Crippen LogP contribution in [0.4, 0.5) is 5.95 Å². The molecular formula is C28H27ClN4O. The smallest absolute Gasteiger partial charge is 0.240 e. The number of hydrogen-bond donors (Lipinski definition) is 1. The standard InChI is InChI=1S/C28H26N4O.ClH/c1-20-11-13-23(14-12-20)26-17-25(22-8-3-2-4-9-22)29-28(30-26)31-27(33)19-32-16-15-21-7-5-6-10-24(21)18-32;/h2-14,17H,15-16,18-19H2,1H3,(H,29,30,31,33);1H. The van der Waals surface area contributed by atoms with E-state index in [1.807, 2.05) is 48.5 Å². The Hall–Kier alpha value is -3.54. The van der Waals surface area contributed by atoms with Gasteiger partial charge >= 0.3 is 0 Å². The van der Waals surface area contributed by atoms with Crippen molar-refractivity contribution in [3.05, 3.63) is 102 Å². The molecule has 4 aromatic rings. The van der Waals surface area contributed by atoms with Gasteiger partial charge in [-0.25, -0.2) is 9.97 Å². The van der Waals surface area contributed by atoms with Crippen molar-refractivity contribution in [1.82, 2.24) is 14.9 Å². The molecule has 2 heterocycles. The second-order valence-electron chi connectivity index (χ2n) is 8.47. The first-order chi connectivity index (χ1) is 16.1. The maximum atomic E-state index is 12.9. The zero-order chi connectivity index (χ0) is 22.6. The Labute approximate surface area is 206 Å². The number of nitrogens with zero attached hydrogens (tertiary/aromatic N) is 3. The molecule has 1 aromatic heterocycles. The third-order valence-electron chi connectivity index (χ3n) is 5.97. The maximum absolute atomic E-state index is 12.9. The molecule has 1 amide bonds. The molecule has 3 aromatic carbocycles. The zero-order valence-corrected chi connectivity index (χ0v) is 19.9. The van der Waals surface area contributed by atoms with Gasteiger partial charge in [-0.05, 0) is 30.5 Å². The van der Waals surface area contributed by atoms with Gasteiger partial charge in [-0.3, -0.25) is 15.0 Å². The molecule has 172 valence electrons. The van der Waals surface area contributed by atoms with Crippen LogP contribution in [0.5, 0.6) is 0 Å². The highest BCUT2D eigenvalue weighted by Crippen LogP contribution is 2.25. The Morgan fingerprint density at radius 3 is 2.18 bits per heavy atom. The van der Waals surface area contributed by atoms with E-state index in [0.29, 0.717) is 12.5 Å². The maximum Gasteiger partial charge on any atom is 0.240 e. The first-order valence-electron chi connectivity index (χ1n) is 11.2. The van der Waals surface area contributed by atoms with Crippen molar-refractivity contribution < 1.29 is 4.79 Å². The average Bonchev–Trinajstić information content (AvgIpc) is 2.84. The number of hydrogen-bond acceptors (Lipinski definition) is 4. The van der Waals surface area contributed by atoms with Crippen LogP contribution in [0.3, 0.4) is 0 Å². The number of benzene rings is 3. The Morgan fingerprint density at radius 1 is 0.853 bits per heavy atom. The molecule has 0 saturated heterocycles. The van der Waals surface area contributed by atoms with Crippen LogP contribution in [0.1, 0.15) is 16.7 Å². The molecule has 0 radical (unpaired) electrons. The van der Waals surface area contributed by atoms with E-state index in [1.54, 1.807) is 0 Å². The van der Waals surface area contributed by atoms with E-state index in [1.165, 1.54) is 16.7 Å². The molecular weight excluding hydrogens is 444 g/mol.